The lowest BCUT2D eigenvalue weighted by Gasteiger charge is -2.41. The van der Waals surface area contributed by atoms with Crippen LogP contribution in [0.15, 0.2) is 18.2 Å². The molecule has 3 rings (SSSR count). The smallest absolute Gasteiger partial charge is 0.321 e. The molecule has 2 aliphatic heterocycles. The SMILES string of the molecule is O=C(Nc1cc(F)cc(Cl)c1)N1CCC(N2CCC[C@H](O)C2)CC1. The summed E-state index contributed by atoms with van der Waals surface area (Å²) >= 11 is 5.81. The molecule has 132 valence electrons. The minimum absolute atomic E-state index is 0.224. The highest BCUT2D eigenvalue weighted by atomic mass is 35.5. The number of amides is 2. The van der Waals surface area contributed by atoms with Crippen LogP contribution in [0.2, 0.25) is 5.02 Å². The van der Waals surface area contributed by atoms with E-state index in [4.69, 9.17) is 11.6 Å². The number of nitrogens with zero attached hydrogens (tertiary/aromatic N) is 2. The van der Waals surface area contributed by atoms with Crippen LogP contribution in [0.5, 0.6) is 0 Å². The van der Waals surface area contributed by atoms with E-state index in [1.54, 1.807) is 4.90 Å². The number of hydrogen-bond donors (Lipinski definition) is 2. The fourth-order valence-corrected chi connectivity index (χ4v) is 3.80. The van der Waals surface area contributed by atoms with Crippen molar-refractivity contribution in [2.75, 3.05) is 31.5 Å². The fraction of sp³-hybridized carbons (Fsp3) is 0.588. The molecular weight excluding hydrogens is 333 g/mol. The van der Waals surface area contributed by atoms with E-state index in [0.29, 0.717) is 24.8 Å². The zero-order chi connectivity index (χ0) is 17.1. The van der Waals surface area contributed by atoms with E-state index in [9.17, 15) is 14.3 Å². The summed E-state index contributed by atoms with van der Waals surface area (Å²) < 4.78 is 13.3. The molecule has 2 fully saturated rings. The van der Waals surface area contributed by atoms with E-state index < -0.39 is 5.82 Å². The largest absolute Gasteiger partial charge is 0.392 e. The van der Waals surface area contributed by atoms with Crippen molar-refractivity contribution in [3.8, 4) is 0 Å². The van der Waals surface area contributed by atoms with Crippen LogP contribution in [0.25, 0.3) is 0 Å². The summed E-state index contributed by atoms with van der Waals surface area (Å²) in [6.07, 6.45) is 3.47. The first-order valence-electron chi connectivity index (χ1n) is 8.45. The topological polar surface area (TPSA) is 55.8 Å². The number of aliphatic hydroxyl groups excluding tert-OH is 1. The summed E-state index contributed by atoms with van der Waals surface area (Å²) in [5.41, 5.74) is 0.367. The van der Waals surface area contributed by atoms with Gasteiger partial charge in [-0.2, -0.15) is 0 Å². The summed E-state index contributed by atoms with van der Waals surface area (Å²) in [5.74, 6) is -0.472. The molecule has 0 radical (unpaired) electrons. The van der Waals surface area contributed by atoms with Gasteiger partial charge in [0, 0.05) is 36.4 Å². The monoisotopic (exact) mass is 355 g/mol. The maximum Gasteiger partial charge on any atom is 0.321 e. The second-order valence-corrected chi connectivity index (χ2v) is 7.03. The van der Waals surface area contributed by atoms with Gasteiger partial charge in [-0.05, 0) is 50.4 Å². The van der Waals surface area contributed by atoms with Gasteiger partial charge in [-0.15, -0.1) is 0 Å². The lowest BCUT2D eigenvalue weighted by molar-refractivity contribution is 0.0298. The number of anilines is 1. The second kappa shape index (κ2) is 7.68. The Morgan fingerprint density at radius 1 is 1.21 bits per heavy atom. The normalized spacial score (nSPS) is 23.3. The fourth-order valence-electron chi connectivity index (χ4n) is 3.58. The van der Waals surface area contributed by atoms with E-state index in [1.165, 1.54) is 18.2 Å². The first kappa shape index (κ1) is 17.5. The Balaban J connectivity index is 1.51. The third-order valence-electron chi connectivity index (χ3n) is 4.81. The van der Waals surface area contributed by atoms with Crippen LogP contribution in [0.4, 0.5) is 14.9 Å². The lowest BCUT2D eigenvalue weighted by atomic mass is 9.99. The number of urea groups is 1. The van der Waals surface area contributed by atoms with Crippen molar-refractivity contribution in [2.24, 2.45) is 0 Å². The number of nitrogens with one attached hydrogen (secondary N) is 1. The first-order valence-corrected chi connectivity index (χ1v) is 8.83. The molecule has 1 atom stereocenters. The number of rotatable bonds is 2. The molecular formula is C17H23ClFN3O2. The van der Waals surface area contributed by atoms with Crippen molar-refractivity contribution in [1.29, 1.82) is 0 Å². The Labute approximate surface area is 146 Å². The number of halogens is 2. The maximum absolute atomic E-state index is 13.3. The van der Waals surface area contributed by atoms with Gasteiger partial charge in [0.05, 0.1) is 6.10 Å². The molecule has 7 heteroatoms. The van der Waals surface area contributed by atoms with Crippen molar-refractivity contribution >= 4 is 23.3 Å². The summed E-state index contributed by atoms with van der Waals surface area (Å²) in [6.45, 7) is 3.08. The van der Waals surface area contributed by atoms with Crippen LogP contribution in [0, 0.1) is 5.82 Å². The molecule has 0 aliphatic carbocycles. The number of aliphatic hydroxyl groups is 1. The van der Waals surface area contributed by atoms with Crippen LogP contribution < -0.4 is 5.32 Å². The number of β-amino-alcohol motifs (C(OH)–C–C–N with tert-alkyl or cyclic N) is 1. The van der Waals surface area contributed by atoms with Gasteiger partial charge in [0.2, 0.25) is 0 Å². The van der Waals surface area contributed by atoms with Gasteiger partial charge in [0.25, 0.3) is 0 Å². The number of carbonyl (C=O) groups excluding carboxylic acids is 1. The molecule has 1 aromatic rings. The van der Waals surface area contributed by atoms with Gasteiger partial charge >= 0.3 is 6.03 Å². The number of likely N-dealkylation sites (tertiary alicyclic amines) is 2. The van der Waals surface area contributed by atoms with Crippen molar-refractivity contribution in [3.63, 3.8) is 0 Å². The van der Waals surface area contributed by atoms with E-state index >= 15 is 0 Å². The molecule has 2 saturated heterocycles. The van der Waals surface area contributed by atoms with E-state index in [-0.39, 0.29) is 17.2 Å². The zero-order valence-corrected chi connectivity index (χ0v) is 14.3. The van der Waals surface area contributed by atoms with Gasteiger partial charge < -0.3 is 15.3 Å². The number of benzene rings is 1. The summed E-state index contributed by atoms with van der Waals surface area (Å²) in [7, 11) is 0. The molecule has 0 aromatic heterocycles. The van der Waals surface area contributed by atoms with Crippen molar-refractivity contribution in [2.45, 2.75) is 37.8 Å². The quantitative estimate of drug-likeness (QED) is 0.857. The Bertz CT molecular complexity index is 573. The molecule has 2 aliphatic rings. The van der Waals surface area contributed by atoms with Crippen LogP contribution in [-0.2, 0) is 0 Å². The minimum Gasteiger partial charge on any atom is -0.392 e. The average Bonchev–Trinajstić information content (AvgIpc) is 2.54. The molecule has 0 bridgehead atoms. The van der Waals surface area contributed by atoms with Crippen LogP contribution >= 0.6 is 11.6 Å². The van der Waals surface area contributed by atoms with Gasteiger partial charge in [0.15, 0.2) is 0 Å². The van der Waals surface area contributed by atoms with Crippen molar-refractivity contribution < 1.29 is 14.3 Å². The van der Waals surface area contributed by atoms with E-state index in [1.807, 2.05) is 0 Å². The summed E-state index contributed by atoms with van der Waals surface area (Å²) in [6, 6.07) is 4.19. The highest BCUT2D eigenvalue weighted by Gasteiger charge is 2.29. The highest BCUT2D eigenvalue weighted by Crippen LogP contribution is 2.22. The van der Waals surface area contributed by atoms with E-state index in [0.717, 1.165) is 38.8 Å². The third kappa shape index (κ3) is 4.37. The van der Waals surface area contributed by atoms with Crippen LogP contribution in [0.1, 0.15) is 25.7 Å². The standard InChI is InChI=1S/C17H23ClFN3O2/c18-12-8-13(19)10-14(9-12)20-17(24)21-6-3-15(4-7-21)22-5-1-2-16(23)11-22/h8-10,15-16,23H,1-7,11H2,(H,20,24)/t16-/m0/s1. The van der Waals surface area contributed by atoms with Gasteiger partial charge in [0.1, 0.15) is 5.82 Å². The molecule has 2 amide bonds. The van der Waals surface area contributed by atoms with Crippen molar-refractivity contribution in [3.05, 3.63) is 29.0 Å². The molecule has 0 unspecified atom stereocenters. The van der Waals surface area contributed by atoms with Crippen molar-refractivity contribution in [1.82, 2.24) is 9.80 Å². The molecule has 0 spiro atoms. The Hall–Kier alpha value is -1.37. The lowest BCUT2D eigenvalue weighted by Crippen LogP contribution is -2.51. The Kier molecular flexibility index (Phi) is 5.58. The maximum atomic E-state index is 13.3. The third-order valence-corrected chi connectivity index (χ3v) is 5.03. The number of hydrogen-bond acceptors (Lipinski definition) is 3. The molecule has 2 heterocycles. The van der Waals surface area contributed by atoms with Crippen LogP contribution in [0.3, 0.4) is 0 Å². The molecule has 1 aromatic carbocycles. The average molecular weight is 356 g/mol. The first-order chi connectivity index (χ1) is 11.5. The molecule has 2 N–H and O–H groups in total. The number of piperidine rings is 2. The Morgan fingerprint density at radius 3 is 2.62 bits per heavy atom. The Morgan fingerprint density at radius 2 is 1.96 bits per heavy atom. The summed E-state index contributed by atoms with van der Waals surface area (Å²) in [4.78, 5) is 16.4. The second-order valence-electron chi connectivity index (χ2n) is 6.60. The van der Waals surface area contributed by atoms with Gasteiger partial charge in [-0.3, -0.25) is 4.90 Å². The summed E-state index contributed by atoms with van der Waals surface area (Å²) in [5, 5.41) is 12.8. The predicted octanol–water partition coefficient (Wildman–Crippen LogP) is 2.93. The molecule has 24 heavy (non-hydrogen) atoms. The molecule has 0 saturated carbocycles. The molecule has 5 nitrogen and oxygen atoms in total. The minimum atomic E-state index is -0.472. The van der Waals surface area contributed by atoms with E-state index in [2.05, 4.69) is 10.2 Å². The zero-order valence-electron chi connectivity index (χ0n) is 13.5. The van der Waals surface area contributed by atoms with Crippen LogP contribution in [-0.4, -0.2) is 59.3 Å². The van der Waals surface area contributed by atoms with Gasteiger partial charge in [-0.1, -0.05) is 11.6 Å². The predicted molar refractivity (Wildman–Crippen MR) is 91.8 cm³/mol. The highest BCUT2D eigenvalue weighted by molar-refractivity contribution is 6.30. The van der Waals surface area contributed by atoms with Gasteiger partial charge in [-0.25, -0.2) is 9.18 Å². The number of carbonyl (C=O) groups is 1.